The first-order valence-electron chi connectivity index (χ1n) is 15.9. The van der Waals surface area contributed by atoms with Crippen LogP contribution < -0.4 is 0 Å². The highest BCUT2D eigenvalue weighted by atomic mass is 15.0. The van der Waals surface area contributed by atoms with E-state index >= 15 is 0 Å². The van der Waals surface area contributed by atoms with E-state index in [1.165, 1.54) is 0 Å². The molecule has 2 heterocycles. The lowest BCUT2D eigenvalue weighted by atomic mass is 9.93. The fourth-order valence-corrected chi connectivity index (χ4v) is 7.33. The largest absolute Gasteiger partial charge is 0.309 e. The van der Waals surface area contributed by atoms with Crippen LogP contribution in [0.3, 0.4) is 0 Å². The summed E-state index contributed by atoms with van der Waals surface area (Å²) in [6.07, 6.45) is 0. The van der Waals surface area contributed by atoms with Crippen molar-refractivity contribution >= 4 is 43.6 Å². The van der Waals surface area contributed by atoms with Crippen molar-refractivity contribution in [1.82, 2.24) is 9.13 Å². The number of benzene rings is 7. The van der Waals surface area contributed by atoms with Gasteiger partial charge in [-0.15, -0.1) is 0 Å². The van der Waals surface area contributed by atoms with Crippen molar-refractivity contribution in [2.45, 2.75) is 0 Å². The van der Waals surface area contributed by atoms with Crippen molar-refractivity contribution in [2.75, 3.05) is 0 Å². The number of fused-ring (bicyclic) bond motifs is 6. The molecule has 9 rings (SSSR count). The van der Waals surface area contributed by atoms with Crippen molar-refractivity contribution in [2.24, 2.45) is 0 Å². The first-order valence-corrected chi connectivity index (χ1v) is 15.9. The zero-order chi connectivity index (χ0) is 32.2. The second kappa shape index (κ2) is 10.9. The van der Waals surface area contributed by atoms with Crippen molar-refractivity contribution in [3.8, 4) is 45.8 Å². The average molecular weight is 611 g/mol. The standard InChI is InChI=1S/C44H26N4/c45-27-29-21-24-43-38(25-29)36-16-6-10-20-42(36)48(43)40-18-8-4-14-34(40)33-13-3-2-12-32(33)30-22-23-37-35-15-5-9-19-41(35)47(44(37)26-30)39-17-7-1-11-31(39)28-46/h1-26H. The molecule has 0 saturated heterocycles. The van der Waals surface area contributed by atoms with Gasteiger partial charge in [-0.25, -0.2) is 0 Å². The number of hydrogen-bond acceptors (Lipinski definition) is 2. The van der Waals surface area contributed by atoms with Gasteiger partial charge in [-0.2, -0.15) is 10.5 Å². The molecule has 0 aliphatic rings. The van der Waals surface area contributed by atoms with Gasteiger partial charge in [0.1, 0.15) is 6.07 Å². The van der Waals surface area contributed by atoms with Crippen LogP contribution in [0.4, 0.5) is 0 Å². The van der Waals surface area contributed by atoms with Gasteiger partial charge in [0, 0.05) is 27.1 Å². The fourth-order valence-electron chi connectivity index (χ4n) is 7.33. The molecule has 0 N–H and O–H groups in total. The van der Waals surface area contributed by atoms with E-state index in [0.717, 1.165) is 77.2 Å². The van der Waals surface area contributed by atoms with Crippen LogP contribution in [0.15, 0.2) is 158 Å². The van der Waals surface area contributed by atoms with Crippen molar-refractivity contribution in [3.63, 3.8) is 0 Å². The normalized spacial score (nSPS) is 11.3. The molecule has 48 heavy (non-hydrogen) atoms. The molecule has 0 saturated carbocycles. The minimum atomic E-state index is 0.632. The molecule has 0 spiro atoms. The molecule has 222 valence electrons. The lowest BCUT2D eigenvalue weighted by Crippen LogP contribution is -1.98. The maximum Gasteiger partial charge on any atom is 0.101 e. The number of rotatable bonds is 4. The van der Waals surface area contributed by atoms with Gasteiger partial charge < -0.3 is 9.13 Å². The van der Waals surface area contributed by atoms with E-state index in [1.54, 1.807) is 0 Å². The highest BCUT2D eigenvalue weighted by molar-refractivity contribution is 6.12. The number of para-hydroxylation sites is 4. The molecule has 0 aliphatic carbocycles. The summed E-state index contributed by atoms with van der Waals surface area (Å²) in [5.41, 5.74) is 11.9. The predicted octanol–water partition coefficient (Wildman–Crippen LogP) is 11.0. The summed E-state index contributed by atoms with van der Waals surface area (Å²) in [5.74, 6) is 0. The lowest BCUT2D eigenvalue weighted by Gasteiger charge is -2.17. The van der Waals surface area contributed by atoms with Gasteiger partial charge >= 0.3 is 0 Å². The Hall–Kier alpha value is -6.88. The lowest BCUT2D eigenvalue weighted by molar-refractivity contribution is 1.17. The Bertz CT molecular complexity index is 2820. The van der Waals surface area contributed by atoms with E-state index in [0.29, 0.717) is 11.1 Å². The van der Waals surface area contributed by atoms with Gasteiger partial charge in [-0.05, 0) is 71.3 Å². The molecule has 0 fully saturated rings. The molecule has 9 aromatic rings. The van der Waals surface area contributed by atoms with Gasteiger partial charge in [0.25, 0.3) is 0 Å². The Kier molecular flexibility index (Phi) is 6.22. The van der Waals surface area contributed by atoms with E-state index in [9.17, 15) is 10.5 Å². The van der Waals surface area contributed by atoms with Gasteiger partial charge in [0.15, 0.2) is 0 Å². The molecule has 0 amide bonds. The van der Waals surface area contributed by atoms with Gasteiger partial charge in [-0.1, -0.05) is 103 Å². The van der Waals surface area contributed by atoms with Crippen LogP contribution in [0.25, 0.3) is 77.2 Å². The Labute approximate surface area is 277 Å². The second-order valence-corrected chi connectivity index (χ2v) is 12.0. The molecule has 0 unspecified atom stereocenters. The van der Waals surface area contributed by atoms with Crippen molar-refractivity contribution in [3.05, 3.63) is 169 Å². The summed E-state index contributed by atoms with van der Waals surface area (Å²) in [4.78, 5) is 0. The molecular weight excluding hydrogens is 585 g/mol. The zero-order valence-electron chi connectivity index (χ0n) is 25.8. The van der Waals surface area contributed by atoms with Crippen LogP contribution in [-0.4, -0.2) is 9.13 Å². The fraction of sp³-hybridized carbons (Fsp3) is 0. The van der Waals surface area contributed by atoms with Crippen LogP contribution in [0, 0.1) is 22.7 Å². The summed E-state index contributed by atoms with van der Waals surface area (Å²) in [6.45, 7) is 0. The SMILES string of the molecule is N#Cc1ccc2c(c1)c1ccccc1n2-c1ccccc1-c1ccccc1-c1ccc2c3ccccc3n(-c3ccccc3C#N)c2c1. The minimum Gasteiger partial charge on any atom is -0.309 e. The third-order valence-corrected chi connectivity index (χ3v) is 9.41. The van der Waals surface area contributed by atoms with Crippen LogP contribution in [-0.2, 0) is 0 Å². The van der Waals surface area contributed by atoms with Gasteiger partial charge in [0.2, 0.25) is 0 Å². The molecule has 7 aromatic carbocycles. The number of aromatic nitrogens is 2. The zero-order valence-corrected chi connectivity index (χ0v) is 25.8. The first-order chi connectivity index (χ1) is 23.7. The second-order valence-electron chi connectivity index (χ2n) is 12.0. The summed E-state index contributed by atoms with van der Waals surface area (Å²) in [6, 6.07) is 59.0. The Morgan fingerprint density at radius 2 is 0.938 bits per heavy atom. The van der Waals surface area contributed by atoms with E-state index in [2.05, 4.69) is 143 Å². The summed E-state index contributed by atoms with van der Waals surface area (Å²) in [7, 11) is 0. The third-order valence-electron chi connectivity index (χ3n) is 9.41. The molecular formula is C44H26N4. The van der Waals surface area contributed by atoms with Crippen molar-refractivity contribution < 1.29 is 0 Å². The van der Waals surface area contributed by atoms with Gasteiger partial charge in [-0.3, -0.25) is 0 Å². The maximum atomic E-state index is 10.0. The Morgan fingerprint density at radius 1 is 0.375 bits per heavy atom. The van der Waals surface area contributed by atoms with Crippen LogP contribution in [0.2, 0.25) is 0 Å². The smallest absolute Gasteiger partial charge is 0.101 e. The molecule has 0 bridgehead atoms. The van der Waals surface area contributed by atoms with Crippen LogP contribution in [0.1, 0.15) is 11.1 Å². The highest BCUT2D eigenvalue weighted by Crippen LogP contribution is 2.41. The summed E-state index contributed by atoms with van der Waals surface area (Å²) >= 11 is 0. The molecule has 0 atom stereocenters. The van der Waals surface area contributed by atoms with Crippen LogP contribution in [0.5, 0.6) is 0 Å². The first kappa shape index (κ1) is 27.4. The van der Waals surface area contributed by atoms with Gasteiger partial charge in [0.05, 0.1) is 50.6 Å². The quantitative estimate of drug-likeness (QED) is 0.199. The molecule has 0 aliphatic heterocycles. The Balaban J connectivity index is 1.30. The molecule has 4 nitrogen and oxygen atoms in total. The summed E-state index contributed by atoms with van der Waals surface area (Å²) in [5, 5.41) is 24.2. The number of nitriles is 2. The Morgan fingerprint density at radius 3 is 1.69 bits per heavy atom. The van der Waals surface area contributed by atoms with E-state index < -0.39 is 0 Å². The highest BCUT2D eigenvalue weighted by Gasteiger charge is 2.19. The van der Waals surface area contributed by atoms with E-state index in [-0.39, 0.29) is 0 Å². The number of hydrogen-bond donors (Lipinski definition) is 0. The summed E-state index contributed by atoms with van der Waals surface area (Å²) < 4.78 is 4.54. The van der Waals surface area contributed by atoms with Crippen LogP contribution >= 0.6 is 0 Å². The topological polar surface area (TPSA) is 57.4 Å². The molecule has 4 heteroatoms. The molecule has 2 aromatic heterocycles. The van der Waals surface area contributed by atoms with E-state index in [1.807, 2.05) is 36.4 Å². The molecule has 0 radical (unpaired) electrons. The maximum absolute atomic E-state index is 10.0. The van der Waals surface area contributed by atoms with E-state index in [4.69, 9.17) is 0 Å². The number of nitrogens with zero attached hydrogens (tertiary/aromatic N) is 4. The predicted molar refractivity (Wildman–Crippen MR) is 195 cm³/mol. The average Bonchev–Trinajstić information content (AvgIpc) is 3.66. The van der Waals surface area contributed by atoms with Crippen molar-refractivity contribution in [1.29, 1.82) is 10.5 Å². The monoisotopic (exact) mass is 610 g/mol. The minimum absolute atomic E-state index is 0.632. The third kappa shape index (κ3) is 4.07.